The van der Waals surface area contributed by atoms with Crippen LogP contribution in [0.15, 0.2) is 24.4 Å². The average Bonchev–Trinajstić information content (AvgIpc) is 3.32. The Morgan fingerprint density at radius 2 is 2.22 bits per heavy atom. The molecule has 0 unspecified atom stereocenters. The summed E-state index contributed by atoms with van der Waals surface area (Å²) in [6.45, 7) is 6.32. The lowest BCUT2D eigenvalue weighted by molar-refractivity contribution is -0.131. The summed E-state index contributed by atoms with van der Waals surface area (Å²) in [5, 5.41) is 7.55. The largest absolute Gasteiger partial charge is 0.341 e. The minimum Gasteiger partial charge on any atom is -0.341 e. The molecule has 2 aromatic rings. The Bertz CT molecular complexity index is 832. The predicted octanol–water partition coefficient (Wildman–Crippen LogP) is 1.52. The van der Waals surface area contributed by atoms with Crippen molar-refractivity contribution in [3.8, 4) is 0 Å². The van der Waals surface area contributed by atoms with Crippen LogP contribution in [0, 0.1) is 18.8 Å². The van der Waals surface area contributed by atoms with Gasteiger partial charge in [0.2, 0.25) is 5.91 Å². The fraction of sp³-hybridized carbons (Fsp3) is 0.600. The number of carbonyl (C=O) groups is 1. The van der Waals surface area contributed by atoms with Gasteiger partial charge >= 0.3 is 0 Å². The highest BCUT2D eigenvalue weighted by Crippen LogP contribution is 2.45. The van der Waals surface area contributed by atoms with Gasteiger partial charge in [-0.05, 0) is 44.9 Å². The number of hydrogen-bond acceptors (Lipinski definition) is 5. The number of aryl methyl sites for hydroxylation is 1. The molecule has 0 aromatic carbocycles. The molecule has 3 fully saturated rings. The second kappa shape index (κ2) is 6.41. The van der Waals surface area contributed by atoms with Gasteiger partial charge in [-0.25, -0.2) is 4.98 Å². The van der Waals surface area contributed by atoms with E-state index in [-0.39, 0.29) is 11.3 Å². The van der Waals surface area contributed by atoms with Crippen LogP contribution in [0.2, 0.25) is 0 Å². The molecule has 0 radical (unpaired) electrons. The average molecular weight is 366 g/mol. The van der Waals surface area contributed by atoms with Crippen molar-refractivity contribution in [1.29, 1.82) is 0 Å². The van der Waals surface area contributed by atoms with Gasteiger partial charge in [-0.15, -0.1) is 0 Å². The highest BCUT2D eigenvalue weighted by molar-refractivity contribution is 5.81. The summed E-state index contributed by atoms with van der Waals surface area (Å²) in [6.07, 6.45) is 4.94. The van der Waals surface area contributed by atoms with Gasteiger partial charge in [-0.1, -0.05) is 6.07 Å². The number of amides is 1. The van der Waals surface area contributed by atoms with E-state index in [4.69, 9.17) is 4.98 Å². The summed E-state index contributed by atoms with van der Waals surface area (Å²) >= 11 is 0. The molecule has 2 atom stereocenters. The van der Waals surface area contributed by atoms with Crippen molar-refractivity contribution in [2.45, 2.75) is 38.1 Å². The van der Waals surface area contributed by atoms with Gasteiger partial charge in [0.05, 0.1) is 11.1 Å². The minimum atomic E-state index is -0.115. The van der Waals surface area contributed by atoms with Crippen LogP contribution in [0.3, 0.4) is 0 Å². The number of H-pyrrole nitrogens is 1. The van der Waals surface area contributed by atoms with E-state index in [1.807, 2.05) is 25.3 Å². The summed E-state index contributed by atoms with van der Waals surface area (Å²) in [5.41, 5.74) is 0.985. The summed E-state index contributed by atoms with van der Waals surface area (Å²) < 4.78 is 0. The maximum Gasteiger partial charge on any atom is 0.225 e. The fourth-order valence-electron chi connectivity index (χ4n) is 4.80. The van der Waals surface area contributed by atoms with Gasteiger partial charge in [0.15, 0.2) is 5.82 Å². The first-order valence-corrected chi connectivity index (χ1v) is 9.94. The first kappa shape index (κ1) is 16.9. The Hall–Kier alpha value is -2.28. The van der Waals surface area contributed by atoms with Crippen molar-refractivity contribution in [2.75, 3.05) is 26.2 Å². The molecule has 2 saturated heterocycles. The predicted molar refractivity (Wildman–Crippen MR) is 99.7 cm³/mol. The van der Waals surface area contributed by atoms with Gasteiger partial charge in [-0.3, -0.25) is 19.8 Å². The van der Waals surface area contributed by atoms with E-state index >= 15 is 0 Å². The van der Waals surface area contributed by atoms with E-state index in [0.717, 1.165) is 69.3 Å². The molecule has 7 nitrogen and oxygen atoms in total. The summed E-state index contributed by atoms with van der Waals surface area (Å²) in [6, 6.07) is 6.07. The molecule has 5 rings (SSSR count). The Kier molecular flexibility index (Phi) is 4.00. The highest BCUT2D eigenvalue weighted by Gasteiger charge is 2.54. The van der Waals surface area contributed by atoms with Crippen LogP contribution >= 0.6 is 0 Å². The number of nitrogens with zero attached hydrogens (tertiary/aromatic N) is 5. The minimum absolute atomic E-state index is 0.115. The monoisotopic (exact) mass is 366 g/mol. The first-order chi connectivity index (χ1) is 13.1. The fourth-order valence-corrected chi connectivity index (χ4v) is 4.80. The molecule has 1 aliphatic carbocycles. The Morgan fingerprint density at radius 1 is 1.33 bits per heavy atom. The highest BCUT2D eigenvalue weighted by atomic mass is 16.2. The molecule has 4 heterocycles. The summed E-state index contributed by atoms with van der Waals surface area (Å²) in [4.78, 5) is 26.5. The number of aromatic nitrogens is 4. The molecule has 27 heavy (non-hydrogen) atoms. The van der Waals surface area contributed by atoms with Gasteiger partial charge in [0.1, 0.15) is 5.82 Å². The van der Waals surface area contributed by atoms with Gasteiger partial charge in [0, 0.05) is 44.2 Å². The number of hydrogen-bond donors (Lipinski definition) is 1. The molecule has 1 amide bonds. The Balaban J connectivity index is 1.39. The normalized spacial score (nSPS) is 28.3. The van der Waals surface area contributed by atoms with Crippen LogP contribution in [0.4, 0.5) is 0 Å². The zero-order valence-electron chi connectivity index (χ0n) is 15.8. The molecule has 1 saturated carbocycles. The van der Waals surface area contributed by atoms with Crippen molar-refractivity contribution >= 4 is 5.91 Å². The number of pyridine rings is 1. The number of rotatable bonds is 4. The molecule has 2 aromatic heterocycles. The third-order valence-electron chi connectivity index (χ3n) is 6.44. The third-order valence-corrected chi connectivity index (χ3v) is 6.44. The number of carbonyl (C=O) groups excluding carboxylic acids is 1. The van der Waals surface area contributed by atoms with Crippen LogP contribution in [0.25, 0.3) is 0 Å². The second-order valence-electron chi connectivity index (χ2n) is 8.40. The van der Waals surface area contributed by atoms with E-state index in [1.165, 1.54) is 0 Å². The number of nitrogens with one attached hydrogen (secondary N) is 1. The lowest BCUT2D eigenvalue weighted by Crippen LogP contribution is -2.50. The Morgan fingerprint density at radius 3 is 2.93 bits per heavy atom. The van der Waals surface area contributed by atoms with Gasteiger partial charge in [0.25, 0.3) is 0 Å². The van der Waals surface area contributed by atoms with Crippen LogP contribution < -0.4 is 0 Å². The topological polar surface area (TPSA) is 78.0 Å². The maximum absolute atomic E-state index is 12.8. The molecule has 7 heteroatoms. The van der Waals surface area contributed by atoms with E-state index in [0.29, 0.717) is 11.8 Å². The molecule has 0 bridgehead atoms. The van der Waals surface area contributed by atoms with Crippen LogP contribution in [0.1, 0.15) is 36.6 Å². The number of aromatic amines is 1. The molecule has 2 aliphatic heterocycles. The lowest BCUT2D eigenvalue weighted by Gasteiger charge is -2.41. The van der Waals surface area contributed by atoms with Crippen molar-refractivity contribution in [1.82, 2.24) is 30.0 Å². The molecule has 1 N–H and O–H groups in total. The second-order valence-corrected chi connectivity index (χ2v) is 8.40. The standard InChI is InChI=1S/C20H26N6O/c1-14-22-19(24-23-14)20-7-9-25(12-17-4-2-3-8-21-17)10-16(20)11-26(13-20)18(27)15-5-6-15/h2-4,8,15-16H,5-7,9-13H2,1H3,(H,22,23,24)/t16-,20-/m1/s1. The smallest absolute Gasteiger partial charge is 0.225 e. The zero-order valence-corrected chi connectivity index (χ0v) is 15.8. The third kappa shape index (κ3) is 3.04. The van der Waals surface area contributed by atoms with E-state index in [2.05, 4.69) is 31.0 Å². The van der Waals surface area contributed by atoms with Crippen molar-refractivity contribution in [2.24, 2.45) is 11.8 Å². The van der Waals surface area contributed by atoms with E-state index < -0.39 is 0 Å². The quantitative estimate of drug-likeness (QED) is 0.888. The van der Waals surface area contributed by atoms with Crippen molar-refractivity contribution in [3.63, 3.8) is 0 Å². The van der Waals surface area contributed by atoms with Crippen molar-refractivity contribution < 1.29 is 4.79 Å². The molecule has 142 valence electrons. The molecular formula is C20H26N6O. The van der Waals surface area contributed by atoms with Gasteiger partial charge in [-0.2, -0.15) is 5.10 Å². The van der Waals surface area contributed by atoms with Gasteiger partial charge < -0.3 is 4.90 Å². The number of fused-ring (bicyclic) bond motifs is 1. The molecule has 3 aliphatic rings. The number of piperidine rings is 1. The SMILES string of the molecule is Cc1nc([C@@]23CCN(Cc4ccccn4)C[C@@H]2CN(C(=O)C2CC2)C3)n[nH]1. The maximum atomic E-state index is 12.8. The number of likely N-dealkylation sites (tertiary alicyclic amines) is 2. The van der Waals surface area contributed by atoms with Crippen LogP contribution in [0.5, 0.6) is 0 Å². The van der Waals surface area contributed by atoms with Crippen LogP contribution in [-0.2, 0) is 16.8 Å². The van der Waals surface area contributed by atoms with E-state index in [1.54, 1.807) is 0 Å². The lowest BCUT2D eigenvalue weighted by atomic mass is 9.72. The molecular weight excluding hydrogens is 340 g/mol. The molecule has 0 spiro atoms. The summed E-state index contributed by atoms with van der Waals surface area (Å²) in [5.74, 6) is 2.72. The Labute approximate surface area is 159 Å². The van der Waals surface area contributed by atoms with Crippen molar-refractivity contribution in [3.05, 3.63) is 41.7 Å². The summed E-state index contributed by atoms with van der Waals surface area (Å²) in [7, 11) is 0. The first-order valence-electron chi connectivity index (χ1n) is 9.94. The van der Waals surface area contributed by atoms with E-state index in [9.17, 15) is 4.79 Å². The van der Waals surface area contributed by atoms with Crippen LogP contribution in [-0.4, -0.2) is 62.1 Å². The zero-order chi connectivity index (χ0) is 18.4.